The van der Waals surface area contributed by atoms with Crippen LogP contribution in [0.15, 0.2) is 54.6 Å². The summed E-state index contributed by atoms with van der Waals surface area (Å²) < 4.78 is 0. The molecule has 3 rings (SSSR count). The van der Waals surface area contributed by atoms with Gasteiger partial charge in [-0.15, -0.1) is 0 Å². The second kappa shape index (κ2) is 8.38. The number of rotatable bonds is 5. The molecule has 1 fully saturated rings. The molecule has 142 valence electrons. The topological polar surface area (TPSA) is 40.6 Å². The van der Waals surface area contributed by atoms with Crippen LogP contribution >= 0.6 is 0 Å². The zero-order valence-corrected chi connectivity index (χ0v) is 16.3. The van der Waals surface area contributed by atoms with Crippen molar-refractivity contribution in [3.63, 3.8) is 0 Å². The van der Waals surface area contributed by atoms with Crippen molar-refractivity contribution in [2.45, 2.75) is 26.7 Å². The second-order valence-electron chi connectivity index (χ2n) is 7.40. The molecule has 1 aliphatic rings. The fourth-order valence-electron chi connectivity index (χ4n) is 3.84. The van der Waals surface area contributed by atoms with E-state index in [1.54, 1.807) is 0 Å². The van der Waals surface area contributed by atoms with Crippen LogP contribution in [0.2, 0.25) is 0 Å². The van der Waals surface area contributed by atoms with Crippen molar-refractivity contribution in [1.82, 2.24) is 9.80 Å². The van der Waals surface area contributed by atoms with Crippen LogP contribution in [0.5, 0.6) is 0 Å². The summed E-state index contributed by atoms with van der Waals surface area (Å²) in [5, 5.41) is 2.06. The van der Waals surface area contributed by atoms with Crippen LogP contribution in [0.3, 0.4) is 0 Å². The molecule has 0 aromatic heterocycles. The molecule has 2 aromatic rings. The number of likely N-dealkylation sites (N-methyl/N-ethyl adjacent to an activating group) is 1. The predicted molar refractivity (Wildman–Crippen MR) is 110 cm³/mol. The maximum absolute atomic E-state index is 13.0. The molecular weight excluding hydrogens is 336 g/mol. The van der Waals surface area contributed by atoms with Crippen molar-refractivity contribution in [2.75, 3.05) is 26.2 Å². The summed E-state index contributed by atoms with van der Waals surface area (Å²) in [6, 6.07) is 13.8. The third-order valence-electron chi connectivity index (χ3n) is 5.31. The number of nitrogens with zero attached hydrogens (tertiary/aromatic N) is 2. The Labute approximate surface area is 161 Å². The Hall–Kier alpha value is -2.62. The summed E-state index contributed by atoms with van der Waals surface area (Å²) in [5.74, 6) is 0.255. The van der Waals surface area contributed by atoms with Gasteiger partial charge in [-0.05, 0) is 43.5 Å². The molecule has 1 heterocycles. The van der Waals surface area contributed by atoms with Crippen LogP contribution in [-0.2, 0) is 4.79 Å². The van der Waals surface area contributed by atoms with Crippen molar-refractivity contribution >= 4 is 22.6 Å². The van der Waals surface area contributed by atoms with E-state index in [9.17, 15) is 9.59 Å². The number of piperidine rings is 1. The molecule has 0 saturated carbocycles. The molecule has 1 saturated heterocycles. The Kier molecular flexibility index (Phi) is 5.94. The van der Waals surface area contributed by atoms with E-state index in [0.29, 0.717) is 26.2 Å². The maximum Gasteiger partial charge on any atom is 0.254 e. The highest BCUT2D eigenvalue weighted by Crippen LogP contribution is 2.24. The Morgan fingerprint density at radius 2 is 1.78 bits per heavy atom. The van der Waals surface area contributed by atoms with Crippen LogP contribution in [0, 0.1) is 5.92 Å². The summed E-state index contributed by atoms with van der Waals surface area (Å²) in [6.07, 6.45) is 1.45. The molecule has 0 bridgehead atoms. The van der Waals surface area contributed by atoms with E-state index in [2.05, 4.69) is 6.58 Å². The van der Waals surface area contributed by atoms with Gasteiger partial charge in [-0.3, -0.25) is 9.59 Å². The minimum Gasteiger partial charge on any atom is -0.339 e. The SMILES string of the molecule is C=C(C)CN(CC)C(=O)C1CCN(C(=O)c2cccc3ccccc23)CC1. The number of carbonyl (C=O) groups excluding carboxylic acids is 2. The number of benzene rings is 2. The Morgan fingerprint density at radius 1 is 1.11 bits per heavy atom. The first-order chi connectivity index (χ1) is 13.0. The van der Waals surface area contributed by atoms with Crippen LogP contribution in [0.1, 0.15) is 37.0 Å². The zero-order valence-electron chi connectivity index (χ0n) is 16.3. The first kappa shape index (κ1) is 19.2. The Morgan fingerprint density at radius 3 is 2.44 bits per heavy atom. The lowest BCUT2D eigenvalue weighted by Gasteiger charge is -2.34. The Balaban J connectivity index is 1.67. The van der Waals surface area contributed by atoms with Gasteiger partial charge in [0.15, 0.2) is 0 Å². The summed E-state index contributed by atoms with van der Waals surface area (Å²) in [7, 11) is 0. The van der Waals surface area contributed by atoms with Crippen molar-refractivity contribution in [1.29, 1.82) is 0 Å². The van der Waals surface area contributed by atoms with Gasteiger partial charge in [0.2, 0.25) is 5.91 Å². The minimum absolute atomic E-state index is 0.000803. The summed E-state index contributed by atoms with van der Waals surface area (Å²) >= 11 is 0. The lowest BCUT2D eigenvalue weighted by Crippen LogP contribution is -2.44. The molecule has 2 aromatic carbocycles. The van der Waals surface area contributed by atoms with Crippen LogP contribution in [-0.4, -0.2) is 47.8 Å². The van der Waals surface area contributed by atoms with Gasteiger partial charge in [0.25, 0.3) is 5.91 Å². The molecule has 4 heteroatoms. The number of carbonyl (C=O) groups is 2. The first-order valence-corrected chi connectivity index (χ1v) is 9.71. The van der Waals surface area contributed by atoms with Crippen LogP contribution < -0.4 is 0 Å². The number of likely N-dealkylation sites (tertiary alicyclic amines) is 1. The van der Waals surface area contributed by atoms with Gasteiger partial charge in [0.05, 0.1) is 0 Å². The highest BCUT2D eigenvalue weighted by atomic mass is 16.2. The Bertz CT molecular complexity index is 845. The standard InChI is InChI=1S/C23H28N2O2/c1-4-24(16-17(2)3)22(26)19-12-14-25(15-13-19)23(27)21-11-7-9-18-8-5-6-10-20(18)21/h5-11,19H,2,4,12-16H2,1,3H3. The average Bonchev–Trinajstić information content (AvgIpc) is 2.70. The molecule has 0 radical (unpaired) electrons. The van der Waals surface area contributed by atoms with Crippen molar-refractivity contribution < 1.29 is 9.59 Å². The number of hydrogen-bond acceptors (Lipinski definition) is 2. The third-order valence-corrected chi connectivity index (χ3v) is 5.31. The predicted octanol–water partition coefficient (Wildman–Crippen LogP) is 4.12. The van der Waals surface area contributed by atoms with Gasteiger partial charge in [-0.2, -0.15) is 0 Å². The highest BCUT2D eigenvalue weighted by Gasteiger charge is 2.30. The molecule has 27 heavy (non-hydrogen) atoms. The molecule has 0 N–H and O–H groups in total. The minimum atomic E-state index is 0.000803. The van der Waals surface area contributed by atoms with E-state index in [1.807, 2.05) is 66.1 Å². The monoisotopic (exact) mass is 364 g/mol. The van der Waals surface area contributed by atoms with E-state index in [-0.39, 0.29) is 17.7 Å². The zero-order chi connectivity index (χ0) is 19.4. The average molecular weight is 364 g/mol. The van der Waals surface area contributed by atoms with Crippen molar-refractivity contribution in [3.05, 3.63) is 60.2 Å². The normalized spacial score (nSPS) is 15.0. The third kappa shape index (κ3) is 4.21. The molecule has 1 aliphatic heterocycles. The van der Waals surface area contributed by atoms with E-state index in [0.717, 1.165) is 34.8 Å². The summed E-state index contributed by atoms with van der Waals surface area (Å²) in [6.45, 7) is 10.4. The first-order valence-electron chi connectivity index (χ1n) is 9.71. The molecule has 4 nitrogen and oxygen atoms in total. The van der Waals surface area contributed by atoms with E-state index in [4.69, 9.17) is 0 Å². The fraction of sp³-hybridized carbons (Fsp3) is 0.391. The van der Waals surface area contributed by atoms with E-state index < -0.39 is 0 Å². The molecule has 0 atom stereocenters. The lowest BCUT2D eigenvalue weighted by molar-refractivity contribution is -0.136. The number of fused-ring (bicyclic) bond motifs is 1. The lowest BCUT2D eigenvalue weighted by atomic mass is 9.94. The van der Waals surface area contributed by atoms with Crippen LogP contribution in [0.25, 0.3) is 10.8 Å². The molecule has 0 unspecified atom stereocenters. The number of hydrogen-bond donors (Lipinski definition) is 0. The summed E-state index contributed by atoms with van der Waals surface area (Å²) in [4.78, 5) is 29.6. The van der Waals surface area contributed by atoms with Crippen molar-refractivity contribution in [3.8, 4) is 0 Å². The quantitative estimate of drug-likeness (QED) is 0.749. The second-order valence-corrected chi connectivity index (χ2v) is 7.40. The fourth-order valence-corrected chi connectivity index (χ4v) is 3.84. The van der Waals surface area contributed by atoms with Crippen LogP contribution in [0.4, 0.5) is 0 Å². The van der Waals surface area contributed by atoms with Gasteiger partial charge in [0, 0.05) is 37.7 Å². The largest absolute Gasteiger partial charge is 0.339 e. The molecule has 2 amide bonds. The molecule has 0 aliphatic carbocycles. The summed E-state index contributed by atoms with van der Waals surface area (Å²) in [5.41, 5.74) is 1.74. The smallest absolute Gasteiger partial charge is 0.254 e. The van der Waals surface area contributed by atoms with E-state index in [1.165, 1.54) is 0 Å². The molecular formula is C23H28N2O2. The molecule has 0 spiro atoms. The van der Waals surface area contributed by atoms with Gasteiger partial charge in [0.1, 0.15) is 0 Å². The maximum atomic E-state index is 13.0. The highest BCUT2D eigenvalue weighted by molar-refractivity contribution is 6.07. The van der Waals surface area contributed by atoms with Crippen molar-refractivity contribution in [2.24, 2.45) is 5.92 Å². The van der Waals surface area contributed by atoms with E-state index >= 15 is 0 Å². The van der Waals surface area contributed by atoms with Gasteiger partial charge >= 0.3 is 0 Å². The van der Waals surface area contributed by atoms with Gasteiger partial charge < -0.3 is 9.80 Å². The number of amides is 2. The van der Waals surface area contributed by atoms with Gasteiger partial charge in [-0.1, -0.05) is 48.6 Å². The van der Waals surface area contributed by atoms with Gasteiger partial charge in [-0.25, -0.2) is 0 Å².